The summed E-state index contributed by atoms with van der Waals surface area (Å²) in [6.07, 6.45) is 10.1. The first-order chi connectivity index (χ1) is 9.73. The molecule has 120 valence electrons. The fourth-order valence-corrected chi connectivity index (χ4v) is 6.46. The van der Waals surface area contributed by atoms with E-state index >= 15 is 0 Å². The lowest BCUT2D eigenvalue weighted by Gasteiger charge is -2.65. The normalized spacial score (nSPS) is 44.1. The lowest BCUT2D eigenvalue weighted by Crippen LogP contribution is -2.64. The van der Waals surface area contributed by atoms with Crippen molar-refractivity contribution < 1.29 is 4.79 Å². The molecule has 21 heavy (non-hydrogen) atoms. The van der Waals surface area contributed by atoms with Gasteiger partial charge in [-0.2, -0.15) is 0 Å². The molecule has 4 aliphatic carbocycles. The number of rotatable bonds is 5. The average Bonchev–Trinajstić information content (AvgIpc) is 2.29. The molecule has 0 radical (unpaired) electrons. The van der Waals surface area contributed by atoms with E-state index in [1.165, 1.54) is 38.5 Å². The molecule has 0 aromatic carbocycles. The smallest absolute Gasteiger partial charge is 0.222 e. The van der Waals surface area contributed by atoms with Crippen LogP contribution in [0.15, 0.2) is 0 Å². The van der Waals surface area contributed by atoms with Gasteiger partial charge in [-0.3, -0.25) is 4.79 Å². The van der Waals surface area contributed by atoms with E-state index in [4.69, 9.17) is 0 Å². The van der Waals surface area contributed by atoms with Crippen LogP contribution in [0.1, 0.15) is 65.2 Å². The Kier molecular flexibility index (Phi) is 3.63. The van der Waals surface area contributed by atoms with E-state index in [0.717, 1.165) is 18.9 Å². The number of amides is 1. The van der Waals surface area contributed by atoms with Crippen molar-refractivity contribution in [3.05, 3.63) is 0 Å². The zero-order valence-corrected chi connectivity index (χ0v) is 14.3. The van der Waals surface area contributed by atoms with Gasteiger partial charge in [-0.05, 0) is 68.2 Å². The topological polar surface area (TPSA) is 32.3 Å². The molecule has 2 atom stereocenters. The quantitative estimate of drug-likeness (QED) is 0.789. The molecule has 0 aliphatic heterocycles. The van der Waals surface area contributed by atoms with E-state index in [1.54, 1.807) is 4.90 Å². The van der Waals surface area contributed by atoms with E-state index < -0.39 is 0 Å². The number of carbonyl (C=O) groups excluding carboxylic acids is 1. The minimum Gasteiger partial charge on any atom is -0.349 e. The molecule has 3 nitrogen and oxygen atoms in total. The lowest BCUT2D eigenvalue weighted by atomic mass is 9.43. The Balaban J connectivity index is 1.57. The van der Waals surface area contributed by atoms with Crippen molar-refractivity contribution >= 4 is 5.91 Å². The van der Waals surface area contributed by atoms with E-state index in [2.05, 4.69) is 19.2 Å². The van der Waals surface area contributed by atoms with E-state index in [0.29, 0.717) is 22.8 Å². The summed E-state index contributed by atoms with van der Waals surface area (Å²) in [4.78, 5) is 13.4. The number of nitrogens with one attached hydrogen (secondary N) is 1. The third-order valence-corrected chi connectivity index (χ3v) is 6.19. The van der Waals surface area contributed by atoms with E-state index in [1.807, 2.05) is 14.1 Å². The largest absolute Gasteiger partial charge is 0.349 e. The van der Waals surface area contributed by atoms with Gasteiger partial charge in [0.25, 0.3) is 0 Å². The minimum absolute atomic E-state index is 0.251. The van der Waals surface area contributed by atoms with Crippen LogP contribution in [0.4, 0.5) is 0 Å². The lowest BCUT2D eigenvalue weighted by molar-refractivity contribution is -0.129. The van der Waals surface area contributed by atoms with Crippen LogP contribution in [0.3, 0.4) is 0 Å². The molecule has 0 saturated heterocycles. The van der Waals surface area contributed by atoms with E-state index in [-0.39, 0.29) is 5.91 Å². The Labute approximate surface area is 129 Å². The molecule has 1 amide bonds. The van der Waals surface area contributed by atoms with Crippen molar-refractivity contribution in [2.24, 2.45) is 16.7 Å². The van der Waals surface area contributed by atoms with Crippen LogP contribution in [-0.2, 0) is 4.79 Å². The molecule has 0 aromatic heterocycles. The van der Waals surface area contributed by atoms with Gasteiger partial charge in [0.2, 0.25) is 5.91 Å². The second kappa shape index (κ2) is 4.97. The average molecular weight is 292 g/mol. The van der Waals surface area contributed by atoms with Gasteiger partial charge in [0.05, 0.1) is 0 Å². The van der Waals surface area contributed by atoms with Gasteiger partial charge >= 0.3 is 0 Å². The zero-order valence-electron chi connectivity index (χ0n) is 14.3. The Morgan fingerprint density at radius 3 is 2.24 bits per heavy atom. The fraction of sp³-hybridized carbons (Fsp3) is 0.944. The zero-order chi connectivity index (χ0) is 15.3. The van der Waals surface area contributed by atoms with Crippen molar-refractivity contribution in [1.82, 2.24) is 10.2 Å². The highest BCUT2D eigenvalue weighted by Gasteiger charge is 2.59. The second-order valence-corrected chi connectivity index (χ2v) is 9.23. The Morgan fingerprint density at radius 2 is 1.71 bits per heavy atom. The summed E-state index contributed by atoms with van der Waals surface area (Å²) >= 11 is 0. The molecule has 3 heteroatoms. The number of hydrogen-bond acceptors (Lipinski definition) is 2. The van der Waals surface area contributed by atoms with Crippen LogP contribution < -0.4 is 5.32 Å². The summed E-state index contributed by atoms with van der Waals surface area (Å²) in [6, 6.07) is 0. The fourth-order valence-electron chi connectivity index (χ4n) is 6.46. The van der Waals surface area contributed by atoms with E-state index in [9.17, 15) is 4.79 Å². The first-order valence-corrected chi connectivity index (χ1v) is 8.69. The predicted octanol–water partition coefficient (Wildman–Crippen LogP) is 3.19. The number of carbonyl (C=O) groups is 1. The summed E-state index contributed by atoms with van der Waals surface area (Å²) in [5, 5.41) is 3.90. The van der Waals surface area contributed by atoms with Gasteiger partial charge in [-0.1, -0.05) is 13.8 Å². The second-order valence-electron chi connectivity index (χ2n) is 9.23. The molecule has 4 aliphatic rings. The summed E-state index contributed by atoms with van der Waals surface area (Å²) in [5.41, 5.74) is 1.52. The first-order valence-electron chi connectivity index (χ1n) is 8.69. The molecule has 2 unspecified atom stereocenters. The molecule has 0 heterocycles. The molecular formula is C18H32N2O. The highest BCUT2D eigenvalue weighted by atomic mass is 16.2. The van der Waals surface area contributed by atoms with Gasteiger partial charge in [-0.25, -0.2) is 0 Å². The third kappa shape index (κ3) is 2.99. The highest BCUT2D eigenvalue weighted by Crippen LogP contribution is 2.66. The maximum atomic E-state index is 11.7. The van der Waals surface area contributed by atoms with Crippen molar-refractivity contribution in [3.8, 4) is 0 Å². The van der Waals surface area contributed by atoms with Crippen LogP contribution in [0.25, 0.3) is 0 Å². The van der Waals surface area contributed by atoms with Crippen LogP contribution in [0.5, 0.6) is 0 Å². The summed E-state index contributed by atoms with van der Waals surface area (Å²) in [7, 11) is 3.69. The molecule has 1 N–H and O–H groups in total. The van der Waals surface area contributed by atoms with Crippen LogP contribution in [0.2, 0.25) is 0 Å². The summed E-state index contributed by atoms with van der Waals surface area (Å²) in [5.74, 6) is 1.19. The van der Waals surface area contributed by atoms with Crippen molar-refractivity contribution in [2.75, 3.05) is 20.6 Å². The monoisotopic (exact) mass is 292 g/mol. The molecule has 0 spiro atoms. The van der Waals surface area contributed by atoms with Crippen LogP contribution >= 0.6 is 0 Å². The Hall–Kier alpha value is -0.570. The maximum absolute atomic E-state index is 11.7. The SMILES string of the molecule is CN(C)C(=O)CCCNC12CC3CC(C)(CC(C)(C3)C1)C2. The van der Waals surface area contributed by atoms with Gasteiger partial charge in [0.1, 0.15) is 0 Å². The minimum atomic E-state index is 0.251. The number of nitrogens with zero attached hydrogens (tertiary/aromatic N) is 1. The predicted molar refractivity (Wildman–Crippen MR) is 86.1 cm³/mol. The molecular weight excluding hydrogens is 260 g/mol. The van der Waals surface area contributed by atoms with Crippen molar-refractivity contribution in [1.29, 1.82) is 0 Å². The molecule has 4 saturated carbocycles. The summed E-state index contributed by atoms with van der Waals surface area (Å²) in [6.45, 7) is 6.03. The van der Waals surface area contributed by atoms with Crippen molar-refractivity contribution in [2.45, 2.75) is 70.8 Å². The Morgan fingerprint density at radius 1 is 1.10 bits per heavy atom. The highest BCUT2D eigenvalue weighted by molar-refractivity contribution is 5.75. The van der Waals surface area contributed by atoms with Gasteiger partial charge in [-0.15, -0.1) is 0 Å². The van der Waals surface area contributed by atoms with Crippen LogP contribution in [0, 0.1) is 16.7 Å². The molecule has 4 rings (SSSR count). The van der Waals surface area contributed by atoms with Crippen molar-refractivity contribution in [3.63, 3.8) is 0 Å². The summed E-state index contributed by atoms with van der Waals surface area (Å²) < 4.78 is 0. The van der Waals surface area contributed by atoms with Gasteiger partial charge in [0, 0.05) is 26.1 Å². The Bertz CT molecular complexity index is 413. The first kappa shape index (κ1) is 15.3. The van der Waals surface area contributed by atoms with Gasteiger partial charge in [0.15, 0.2) is 0 Å². The molecule has 0 aromatic rings. The van der Waals surface area contributed by atoms with Gasteiger partial charge < -0.3 is 10.2 Å². The maximum Gasteiger partial charge on any atom is 0.222 e. The standard InChI is InChI=1S/C18H32N2O/c1-16-8-14-9-17(2,11-16)13-18(10-14,12-16)19-7-5-6-15(21)20(3)4/h14,19H,5-13H2,1-4H3. The van der Waals surface area contributed by atoms with Crippen LogP contribution in [-0.4, -0.2) is 37.0 Å². The molecule has 4 fully saturated rings. The third-order valence-electron chi connectivity index (χ3n) is 6.19. The molecule has 4 bridgehead atoms. The number of hydrogen-bond donors (Lipinski definition) is 1.